The monoisotopic (exact) mass is 833 g/mol. The van der Waals surface area contributed by atoms with E-state index in [4.69, 9.17) is 16.6 Å². The average molecular weight is 834 g/mol. The minimum absolute atomic E-state index is 0.0154. The maximum absolute atomic E-state index is 15.8. The van der Waals surface area contributed by atoms with E-state index in [-0.39, 0.29) is 57.1 Å². The van der Waals surface area contributed by atoms with Crippen LogP contribution < -0.4 is 10.0 Å². The van der Waals surface area contributed by atoms with Gasteiger partial charge in [-0.15, -0.1) is 0 Å². The fourth-order valence-electron chi connectivity index (χ4n) is 7.50. The van der Waals surface area contributed by atoms with Gasteiger partial charge < -0.3 is 10.4 Å². The first-order valence-electron chi connectivity index (χ1n) is 17.4. The zero-order valence-corrected chi connectivity index (χ0v) is 32.4. The van der Waals surface area contributed by atoms with Crippen molar-refractivity contribution < 1.29 is 44.7 Å². The molecule has 0 unspecified atom stereocenters. The molecule has 3 N–H and O–H groups in total. The van der Waals surface area contributed by atoms with Gasteiger partial charge in [0.25, 0.3) is 12.3 Å². The predicted molar refractivity (Wildman–Crippen MR) is 198 cm³/mol. The Morgan fingerprint density at radius 2 is 1.75 bits per heavy atom. The number of amides is 1. The number of halogens is 7. The predicted octanol–water partition coefficient (Wildman–Crippen LogP) is 6.89. The van der Waals surface area contributed by atoms with Gasteiger partial charge in [0.15, 0.2) is 5.82 Å². The van der Waals surface area contributed by atoms with Gasteiger partial charge in [-0.1, -0.05) is 30.5 Å². The molecule has 2 aromatic carbocycles. The van der Waals surface area contributed by atoms with Crippen LogP contribution in [0, 0.1) is 28.9 Å². The standard InChI is InChI=1S/C38H34ClF6N7O4S/c1-36(2,54)11-10-21-6-7-22(23-8-9-25(39)29-32(23)51(4)49-35(29)50-57(5,55)56)30(46-21)26(14-18-12-19(40)15-20(41)13-18)47-27(53)17-52-33-28(31(48-52)34(42)43)24-16-37(24,3)38(33,44)45/h6-9,12-13,15,24,26,34,54H,14,16-17H2,1-5H3,(H,47,53)(H,49,50)/t24-,26+,37-/m1/s1. The first kappa shape index (κ1) is 40.1. The lowest BCUT2D eigenvalue weighted by Gasteiger charge is -2.24. The number of benzene rings is 2. The molecule has 57 heavy (non-hydrogen) atoms. The van der Waals surface area contributed by atoms with Gasteiger partial charge in [0.05, 0.1) is 33.9 Å². The summed E-state index contributed by atoms with van der Waals surface area (Å²) < 4.78 is 118. The van der Waals surface area contributed by atoms with Crippen LogP contribution in [0.1, 0.15) is 79.5 Å². The van der Waals surface area contributed by atoms with E-state index < -0.39 is 80.8 Å². The molecule has 0 saturated heterocycles. The lowest BCUT2D eigenvalue weighted by molar-refractivity contribution is -0.123. The van der Waals surface area contributed by atoms with Crippen LogP contribution in [0.3, 0.4) is 0 Å². The topological polar surface area (TPSA) is 144 Å². The molecule has 5 aromatic rings. The molecule has 11 nitrogen and oxygen atoms in total. The smallest absolute Gasteiger partial charge is 0.295 e. The van der Waals surface area contributed by atoms with E-state index in [9.17, 15) is 35.9 Å². The highest BCUT2D eigenvalue weighted by atomic mass is 35.5. The molecule has 0 radical (unpaired) electrons. The van der Waals surface area contributed by atoms with Crippen LogP contribution in [0.15, 0.2) is 42.5 Å². The first-order valence-corrected chi connectivity index (χ1v) is 19.7. The molecule has 7 rings (SSSR count). The summed E-state index contributed by atoms with van der Waals surface area (Å²) in [7, 11) is -2.31. The second-order valence-corrected chi connectivity index (χ2v) is 17.2. The number of nitrogens with zero attached hydrogens (tertiary/aromatic N) is 5. The Kier molecular flexibility index (Phi) is 9.69. The van der Waals surface area contributed by atoms with Gasteiger partial charge in [0, 0.05) is 41.1 Å². The van der Waals surface area contributed by atoms with E-state index in [0.29, 0.717) is 21.8 Å². The van der Waals surface area contributed by atoms with Crippen molar-refractivity contribution in [1.29, 1.82) is 0 Å². The van der Waals surface area contributed by atoms with E-state index in [0.717, 1.165) is 18.4 Å². The zero-order chi connectivity index (χ0) is 41.6. The Bertz CT molecular complexity index is 2650. The second kappa shape index (κ2) is 13.8. The molecule has 0 spiro atoms. The molecule has 0 aliphatic heterocycles. The van der Waals surface area contributed by atoms with E-state index >= 15 is 8.78 Å². The number of aryl methyl sites for hydroxylation is 1. The lowest BCUT2D eigenvalue weighted by atomic mass is 9.93. The molecular weight excluding hydrogens is 800 g/mol. The second-order valence-electron chi connectivity index (χ2n) is 15.1. The summed E-state index contributed by atoms with van der Waals surface area (Å²) in [4.78, 5) is 18.7. The Labute approximate surface area is 327 Å². The Balaban J connectivity index is 1.39. The van der Waals surface area contributed by atoms with Crippen molar-refractivity contribution in [1.82, 2.24) is 29.9 Å². The number of hydrogen-bond acceptors (Lipinski definition) is 7. The number of rotatable bonds is 10. The highest BCUT2D eigenvalue weighted by Gasteiger charge is 2.75. The number of anilines is 1. The van der Waals surface area contributed by atoms with Crippen molar-refractivity contribution in [2.24, 2.45) is 12.5 Å². The summed E-state index contributed by atoms with van der Waals surface area (Å²) in [6, 6.07) is 7.47. The van der Waals surface area contributed by atoms with Crippen molar-refractivity contribution >= 4 is 44.3 Å². The highest BCUT2D eigenvalue weighted by molar-refractivity contribution is 7.92. The Hall–Kier alpha value is -5.12. The molecular formula is C38H34ClF6N7O4S. The number of hydrogen-bond donors (Lipinski definition) is 3. The fraction of sp³-hybridized carbons (Fsp3) is 0.368. The van der Waals surface area contributed by atoms with Gasteiger partial charge in [-0.2, -0.15) is 19.0 Å². The number of carbonyl (C=O) groups is 1. The van der Waals surface area contributed by atoms with Crippen LogP contribution in [-0.2, 0) is 40.8 Å². The quantitative estimate of drug-likeness (QED) is 0.103. The summed E-state index contributed by atoms with van der Waals surface area (Å²) in [5, 5.41) is 21.4. The summed E-state index contributed by atoms with van der Waals surface area (Å²) in [6.45, 7) is 3.24. The Morgan fingerprint density at radius 1 is 1.09 bits per heavy atom. The van der Waals surface area contributed by atoms with Gasteiger partial charge in [-0.3, -0.25) is 18.9 Å². The number of alkyl halides is 4. The molecule has 3 aromatic heterocycles. The van der Waals surface area contributed by atoms with Gasteiger partial charge in [-0.05, 0) is 68.5 Å². The van der Waals surface area contributed by atoms with E-state index in [1.807, 2.05) is 0 Å². The normalized spacial score (nSPS) is 18.9. The van der Waals surface area contributed by atoms with Crippen LogP contribution in [0.4, 0.5) is 32.2 Å². The van der Waals surface area contributed by atoms with Crippen molar-refractivity contribution in [3.8, 4) is 23.0 Å². The summed E-state index contributed by atoms with van der Waals surface area (Å²) in [5.74, 6) is -1.97. The lowest BCUT2D eigenvalue weighted by Crippen LogP contribution is -2.35. The molecule has 3 atom stereocenters. The number of aliphatic hydroxyl groups is 1. The van der Waals surface area contributed by atoms with Gasteiger partial charge >= 0.3 is 0 Å². The van der Waals surface area contributed by atoms with Crippen molar-refractivity contribution in [3.63, 3.8) is 0 Å². The van der Waals surface area contributed by atoms with E-state index in [1.54, 1.807) is 12.1 Å². The molecule has 2 aliphatic carbocycles. The van der Waals surface area contributed by atoms with Gasteiger partial charge in [0.2, 0.25) is 15.9 Å². The maximum atomic E-state index is 15.8. The molecule has 1 amide bonds. The number of pyridine rings is 1. The highest BCUT2D eigenvalue weighted by Crippen LogP contribution is 2.76. The fourth-order valence-corrected chi connectivity index (χ4v) is 8.24. The summed E-state index contributed by atoms with van der Waals surface area (Å²) in [6.07, 6.45) is -2.62. The van der Waals surface area contributed by atoms with Crippen molar-refractivity contribution in [2.75, 3.05) is 11.0 Å². The van der Waals surface area contributed by atoms with Gasteiger partial charge in [-0.25, -0.2) is 31.0 Å². The molecule has 300 valence electrons. The summed E-state index contributed by atoms with van der Waals surface area (Å²) >= 11 is 6.58. The number of aromatic nitrogens is 5. The van der Waals surface area contributed by atoms with Crippen molar-refractivity contribution in [3.05, 3.63) is 93.0 Å². The van der Waals surface area contributed by atoms with Crippen LogP contribution in [0.2, 0.25) is 5.02 Å². The van der Waals surface area contributed by atoms with Crippen LogP contribution in [0.5, 0.6) is 0 Å². The Morgan fingerprint density at radius 3 is 2.39 bits per heavy atom. The maximum Gasteiger partial charge on any atom is 0.295 e. The zero-order valence-electron chi connectivity index (χ0n) is 30.9. The number of fused-ring (bicyclic) bond motifs is 4. The third-order valence-electron chi connectivity index (χ3n) is 10.1. The minimum atomic E-state index is -3.83. The van der Waals surface area contributed by atoms with Crippen LogP contribution in [-0.4, -0.2) is 55.8 Å². The largest absolute Gasteiger partial charge is 0.378 e. The van der Waals surface area contributed by atoms with Gasteiger partial charge in [0.1, 0.15) is 40.9 Å². The molecule has 1 fully saturated rings. The van der Waals surface area contributed by atoms with Crippen LogP contribution >= 0.6 is 11.6 Å². The molecule has 3 heterocycles. The number of sulfonamides is 1. The average Bonchev–Trinajstić information content (AvgIpc) is 3.39. The molecule has 0 bridgehead atoms. The van der Waals surface area contributed by atoms with E-state index in [1.165, 1.54) is 44.6 Å². The third kappa shape index (κ3) is 7.43. The molecule has 2 aliphatic rings. The molecule has 1 saturated carbocycles. The van der Waals surface area contributed by atoms with Crippen LogP contribution in [0.25, 0.3) is 22.0 Å². The van der Waals surface area contributed by atoms with Crippen molar-refractivity contribution in [2.45, 2.75) is 70.1 Å². The van der Waals surface area contributed by atoms with E-state index in [2.05, 4.69) is 32.1 Å². The first-order chi connectivity index (χ1) is 26.5. The third-order valence-corrected chi connectivity index (χ3v) is 11.0. The summed E-state index contributed by atoms with van der Waals surface area (Å²) in [5.41, 5.74) is -3.87. The number of nitrogens with one attached hydrogen (secondary N) is 2. The SMILES string of the molecule is Cn1nc(NS(C)(=O)=O)c2c(Cl)ccc(-c3ccc(C#CC(C)(C)O)nc3[C@H](Cc3cc(F)cc(F)c3)NC(=O)Cn3nc(C(F)F)c4c3C(F)(F)[C@]3(C)C[C@H]43)c21. The molecule has 19 heteroatoms. The minimum Gasteiger partial charge on any atom is -0.378 e. The number of carbonyl (C=O) groups excluding carboxylic acids is 1.